The molecule has 0 fully saturated rings. The topological polar surface area (TPSA) is 20.2 Å². The Hall–Kier alpha value is -0.560. The minimum absolute atomic E-state index is 0.695. The highest BCUT2D eigenvalue weighted by Gasteiger charge is 2.19. The first-order valence-corrected chi connectivity index (χ1v) is 4.00. The van der Waals surface area contributed by atoms with Gasteiger partial charge in [0.05, 0.1) is 5.60 Å². The maximum Gasteiger partial charge on any atom is 0.0826 e. The maximum atomic E-state index is 9.68. The summed E-state index contributed by atoms with van der Waals surface area (Å²) in [6.07, 6.45) is 5.72. The highest BCUT2D eigenvalue weighted by molar-refractivity contribution is 5.07. The zero-order chi connectivity index (χ0) is 8.91. The van der Waals surface area contributed by atoms with E-state index in [1.807, 2.05) is 19.9 Å². The molecule has 0 rings (SSSR count). The fourth-order valence-electron chi connectivity index (χ4n) is 0.744. The Morgan fingerprint density at radius 3 is 2.55 bits per heavy atom. The monoisotopic (exact) mass is 154 g/mol. The number of hydrogen-bond donors (Lipinski definition) is 1. The van der Waals surface area contributed by atoms with E-state index in [0.29, 0.717) is 0 Å². The standard InChI is InChI=1S/C10H18O/c1-5-6-7-8-10(4,11)9(2)3/h5-6,11H,2,7-8H2,1,3-4H3/b6-5+. The summed E-state index contributed by atoms with van der Waals surface area (Å²) >= 11 is 0. The van der Waals surface area contributed by atoms with Crippen LogP contribution in [0.15, 0.2) is 24.3 Å². The summed E-state index contributed by atoms with van der Waals surface area (Å²) in [6.45, 7) is 9.37. The van der Waals surface area contributed by atoms with Crippen molar-refractivity contribution in [2.24, 2.45) is 0 Å². The van der Waals surface area contributed by atoms with Crippen molar-refractivity contribution in [3.8, 4) is 0 Å². The summed E-state index contributed by atoms with van der Waals surface area (Å²) in [5.41, 5.74) is 0.140. The van der Waals surface area contributed by atoms with Crippen molar-refractivity contribution in [3.05, 3.63) is 24.3 Å². The van der Waals surface area contributed by atoms with Crippen LogP contribution in [0.5, 0.6) is 0 Å². The molecule has 0 aliphatic heterocycles. The second-order valence-corrected chi connectivity index (χ2v) is 3.16. The van der Waals surface area contributed by atoms with E-state index in [4.69, 9.17) is 0 Å². The lowest BCUT2D eigenvalue weighted by atomic mass is 9.93. The van der Waals surface area contributed by atoms with Gasteiger partial charge < -0.3 is 5.11 Å². The molecule has 1 heteroatoms. The zero-order valence-electron chi connectivity index (χ0n) is 7.72. The largest absolute Gasteiger partial charge is 0.386 e. The van der Waals surface area contributed by atoms with E-state index in [9.17, 15) is 5.11 Å². The Kier molecular flexibility index (Phi) is 4.12. The van der Waals surface area contributed by atoms with Crippen molar-refractivity contribution in [1.29, 1.82) is 0 Å². The predicted octanol–water partition coefficient (Wildman–Crippen LogP) is 2.67. The predicted molar refractivity (Wildman–Crippen MR) is 49.5 cm³/mol. The maximum absolute atomic E-state index is 9.68. The van der Waals surface area contributed by atoms with Crippen LogP contribution >= 0.6 is 0 Å². The van der Waals surface area contributed by atoms with Crippen LogP contribution in [-0.2, 0) is 0 Å². The minimum atomic E-state index is -0.695. The number of hydrogen-bond acceptors (Lipinski definition) is 1. The molecule has 0 saturated heterocycles. The summed E-state index contributed by atoms with van der Waals surface area (Å²) in [7, 11) is 0. The molecule has 0 aromatic rings. The number of allylic oxidation sites excluding steroid dienone is 2. The molecular weight excluding hydrogens is 136 g/mol. The van der Waals surface area contributed by atoms with Gasteiger partial charge in [-0.15, -0.1) is 0 Å². The van der Waals surface area contributed by atoms with Gasteiger partial charge in [-0.1, -0.05) is 18.7 Å². The van der Waals surface area contributed by atoms with Gasteiger partial charge in [0.15, 0.2) is 0 Å². The van der Waals surface area contributed by atoms with Gasteiger partial charge in [-0.2, -0.15) is 0 Å². The van der Waals surface area contributed by atoms with E-state index in [1.165, 1.54) is 0 Å². The first-order chi connectivity index (χ1) is 5.00. The Labute approximate surface area is 69.4 Å². The molecular formula is C10H18O. The molecule has 0 radical (unpaired) electrons. The molecule has 0 spiro atoms. The van der Waals surface area contributed by atoms with Gasteiger partial charge in [-0.05, 0) is 39.2 Å². The minimum Gasteiger partial charge on any atom is -0.386 e. The van der Waals surface area contributed by atoms with Crippen molar-refractivity contribution in [3.63, 3.8) is 0 Å². The Morgan fingerprint density at radius 1 is 1.64 bits per heavy atom. The van der Waals surface area contributed by atoms with Gasteiger partial charge in [-0.25, -0.2) is 0 Å². The zero-order valence-corrected chi connectivity index (χ0v) is 7.72. The molecule has 0 aliphatic rings. The van der Waals surface area contributed by atoms with E-state index >= 15 is 0 Å². The van der Waals surface area contributed by atoms with Crippen molar-refractivity contribution < 1.29 is 5.11 Å². The number of aliphatic hydroxyl groups is 1. The normalized spacial score (nSPS) is 16.7. The van der Waals surface area contributed by atoms with Crippen LogP contribution in [0, 0.1) is 0 Å². The molecule has 1 atom stereocenters. The van der Waals surface area contributed by atoms with Crippen molar-refractivity contribution in [1.82, 2.24) is 0 Å². The van der Waals surface area contributed by atoms with Gasteiger partial charge in [0.25, 0.3) is 0 Å². The van der Waals surface area contributed by atoms with Crippen molar-refractivity contribution in [2.75, 3.05) is 0 Å². The molecule has 0 heterocycles. The van der Waals surface area contributed by atoms with Crippen LogP contribution in [0.1, 0.15) is 33.6 Å². The van der Waals surface area contributed by atoms with E-state index in [-0.39, 0.29) is 0 Å². The van der Waals surface area contributed by atoms with Crippen LogP contribution in [0.4, 0.5) is 0 Å². The quantitative estimate of drug-likeness (QED) is 0.617. The highest BCUT2D eigenvalue weighted by atomic mass is 16.3. The molecule has 0 aromatic heterocycles. The first kappa shape index (κ1) is 10.4. The van der Waals surface area contributed by atoms with Crippen LogP contribution in [-0.4, -0.2) is 10.7 Å². The molecule has 0 bridgehead atoms. The second kappa shape index (κ2) is 4.35. The van der Waals surface area contributed by atoms with Gasteiger partial charge in [0.2, 0.25) is 0 Å². The van der Waals surface area contributed by atoms with E-state index in [0.717, 1.165) is 18.4 Å². The SMILES string of the molecule is C=C(C)C(C)(O)CC/C=C/C. The average Bonchev–Trinajstić information content (AvgIpc) is 1.88. The molecule has 1 nitrogen and oxygen atoms in total. The summed E-state index contributed by atoms with van der Waals surface area (Å²) in [4.78, 5) is 0. The molecule has 64 valence electrons. The van der Waals surface area contributed by atoms with E-state index < -0.39 is 5.60 Å². The van der Waals surface area contributed by atoms with Gasteiger partial charge >= 0.3 is 0 Å². The number of rotatable bonds is 4. The van der Waals surface area contributed by atoms with Crippen molar-refractivity contribution >= 4 is 0 Å². The summed E-state index contributed by atoms with van der Waals surface area (Å²) in [5, 5.41) is 9.68. The third-order valence-electron chi connectivity index (χ3n) is 1.95. The van der Waals surface area contributed by atoms with Gasteiger partial charge in [0, 0.05) is 0 Å². The Balaban J connectivity index is 3.82. The summed E-state index contributed by atoms with van der Waals surface area (Å²) in [5.74, 6) is 0. The molecule has 0 amide bonds. The van der Waals surface area contributed by atoms with E-state index in [1.54, 1.807) is 6.92 Å². The first-order valence-electron chi connectivity index (χ1n) is 4.00. The lowest BCUT2D eigenvalue weighted by Gasteiger charge is -2.22. The van der Waals surface area contributed by atoms with Gasteiger partial charge in [0.1, 0.15) is 0 Å². The smallest absolute Gasteiger partial charge is 0.0826 e. The third-order valence-corrected chi connectivity index (χ3v) is 1.95. The lowest BCUT2D eigenvalue weighted by molar-refractivity contribution is 0.0906. The molecule has 0 saturated carbocycles. The van der Waals surface area contributed by atoms with Crippen molar-refractivity contribution in [2.45, 2.75) is 39.2 Å². The van der Waals surface area contributed by atoms with Crippen LogP contribution in [0.25, 0.3) is 0 Å². The lowest BCUT2D eigenvalue weighted by Crippen LogP contribution is -2.24. The highest BCUT2D eigenvalue weighted by Crippen LogP contribution is 2.20. The molecule has 1 unspecified atom stereocenters. The van der Waals surface area contributed by atoms with Crippen LogP contribution in [0.3, 0.4) is 0 Å². The third kappa shape index (κ3) is 3.99. The molecule has 0 aromatic carbocycles. The fraction of sp³-hybridized carbons (Fsp3) is 0.600. The molecule has 1 N–H and O–H groups in total. The summed E-state index contributed by atoms with van der Waals surface area (Å²) < 4.78 is 0. The molecule has 0 aliphatic carbocycles. The summed E-state index contributed by atoms with van der Waals surface area (Å²) in [6, 6.07) is 0. The van der Waals surface area contributed by atoms with Crippen LogP contribution < -0.4 is 0 Å². The average molecular weight is 154 g/mol. The molecule has 11 heavy (non-hydrogen) atoms. The Bertz CT molecular complexity index is 154. The van der Waals surface area contributed by atoms with E-state index in [2.05, 4.69) is 12.7 Å². The Morgan fingerprint density at radius 2 is 2.18 bits per heavy atom. The van der Waals surface area contributed by atoms with Crippen LogP contribution in [0.2, 0.25) is 0 Å². The fourth-order valence-corrected chi connectivity index (χ4v) is 0.744. The second-order valence-electron chi connectivity index (χ2n) is 3.16. The van der Waals surface area contributed by atoms with Gasteiger partial charge in [-0.3, -0.25) is 0 Å².